The molecular weight excluding hydrogens is 435 g/mol. The number of urea groups is 1. The van der Waals surface area contributed by atoms with Gasteiger partial charge in [-0.1, -0.05) is 31.2 Å². The van der Waals surface area contributed by atoms with E-state index in [1.165, 1.54) is 12.1 Å². The number of amides is 2. The number of rotatable bonds is 9. The maximum Gasteiger partial charge on any atom is 0.317 e. The third kappa shape index (κ3) is 5.56. The van der Waals surface area contributed by atoms with Crippen molar-refractivity contribution in [2.45, 2.75) is 45.8 Å². The summed E-state index contributed by atoms with van der Waals surface area (Å²) in [7, 11) is 0. The molecule has 1 aliphatic heterocycles. The Morgan fingerprint density at radius 3 is 2.74 bits per heavy atom. The quantitative estimate of drug-likeness (QED) is 0.478. The summed E-state index contributed by atoms with van der Waals surface area (Å²) < 4.78 is 27.7. The average Bonchev–Trinajstić information content (AvgIpc) is 3.47. The Bertz CT molecular complexity index is 1100. The van der Waals surface area contributed by atoms with Gasteiger partial charge in [-0.3, -0.25) is 0 Å². The minimum atomic E-state index is -0.386. The molecule has 2 amide bonds. The average molecular weight is 467 g/mol. The van der Waals surface area contributed by atoms with Gasteiger partial charge in [-0.25, -0.2) is 13.9 Å². The van der Waals surface area contributed by atoms with Gasteiger partial charge in [-0.15, -0.1) is 0 Å². The molecule has 1 aliphatic rings. The van der Waals surface area contributed by atoms with Gasteiger partial charge in [-0.05, 0) is 50.5 Å². The first-order valence-electron chi connectivity index (χ1n) is 11.8. The second-order valence-electron chi connectivity index (χ2n) is 8.24. The van der Waals surface area contributed by atoms with Crippen LogP contribution in [0.2, 0.25) is 0 Å². The highest BCUT2D eigenvalue weighted by Gasteiger charge is 2.27. The molecule has 0 bridgehead atoms. The molecule has 3 aromatic rings. The summed E-state index contributed by atoms with van der Waals surface area (Å²) in [6, 6.07) is 15.5. The molecule has 2 aromatic carbocycles. The van der Waals surface area contributed by atoms with Gasteiger partial charge in [0.25, 0.3) is 0 Å². The SMILES string of the molecule is CCNC(=O)N(Cc1c(CC)nn(-c2ccccc2)c1Oc1cccc(F)c1)C[C@@H]1CCCO1. The lowest BCUT2D eigenvalue weighted by Crippen LogP contribution is -2.43. The van der Waals surface area contributed by atoms with E-state index in [4.69, 9.17) is 14.6 Å². The Hall–Kier alpha value is -3.39. The van der Waals surface area contributed by atoms with Crippen molar-refractivity contribution in [1.82, 2.24) is 20.0 Å². The van der Waals surface area contributed by atoms with Gasteiger partial charge in [0.15, 0.2) is 0 Å². The molecule has 34 heavy (non-hydrogen) atoms. The van der Waals surface area contributed by atoms with Crippen LogP contribution < -0.4 is 10.1 Å². The fourth-order valence-electron chi connectivity index (χ4n) is 4.12. The summed E-state index contributed by atoms with van der Waals surface area (Å²) in [5, 5.41) is 7.72. The van der Waals surface area contributed by atoms with Crippen molar-refractivity contribution >= 4 is 6.03 Å². The molecule has 0 unspecified atom stereocenters. The fraction of sp³-hybridized carbons (Fsp3) is 0.385. The number of aromatic nitrogens is 2. The molecule has 1 saturated heterocycles. The van der Waals surface area contributed by atoms with Gasteiger partial charge >= 0.3 is 6.03 Å². The van der Waals surface area contributed by atoms with Crippen LogP contribution in [0, 0.1) is 5.82 Å². The highest BCUT2D eigenvalue weighted by molar-refractivity contribution is 5.74. The first-order chi connectivity index (χ1) is 16.6. The van der Waals surface area contributed by atoms with E-state index in [0.29, 0.717) is 44.3 Å². The van der Waals surface area contributed by atoms with E-state index in [1.54, 1.807) is 21.7 Å². The predicted molar refractivity (Wildman–Crippen MR) is 128 cm³/mol. The number of halogens is 1. The number of nitrogens with zero attached hydrogens (tertiary/aromatic N) is 3. The van der Waals surface area contributed by atoms with Crippen LogP contribution in [0.1, 0.15) is 37.9 Å². The lowest BCUT2D eigenvalue weighted by molar-refractivity contribution is 0.0793. The van der Waals surface area contributed by atoms with Crippen LogP contribution in [0.4, 0.5) is 9.18 Å². The molecule has 1 N–H and O–H groups in total. The van der Waals surface area contributed by atoms with Crippen LogP contribution >= 0.6 is 0 Å². The number of hydrogen-bond acceptors (Lipinski definition) is 4. The summed E-state index contributed by atoms with van der Waals surface area (Å²) >= 11 is 0. The van der Waals surface area contributed by atoms with E-state index in [2.05, 4.69) is 5.32 Å². The number of para-hydroxylation sites is 1. The second-order valence-corrected chi connectivity index (χ2v) is 8.24. The van der Waals surface area contributed by atoms with E-state index in [-0.39, 0.29) is 18.0 Å². The summed E-state index contributed by atoms with van der Waals surface area (Å²) in [6.07, 6.45) is 2.57. The fourth-order valence-corrected chi connectivity index (χ4v) is 4.12. The van der Waals surface area contributed by atoms with Crippen molar-refractivity contribution in [3.05, 3.63) is 71.7 Å². The normalized spacial score (nSPS) is 15.3. The molecule has 8 heteroatoms. The summed E-state index contributed by atoms with van der Waals surface area (Å²) in [5.41, 5.74) is 2.43. The van der Waals surface area contributed by atoms with E-state index in [1.807, 2.05) is 44.2 Å². The smallest absolute Gasteiger partial charge is 0.317 e. The lowest BCUT2D eigenvalue weighted by Gasteiger charge is -2.26. The molecule has 0 radical (unpaired) electrons. The lowest BCUT2D eigenvalue weighted by atomic mass is 10.1. The highest BCUT2D eigenvalue weighted by Crippen LogP contribution is 2.33. The van der Waals surface area contributed by atoms with Gasteiger partial charge in [0.05, 0.1) is 29.6 Å². The van der Waals surface area contributed by atoms with Crippen molar-refractivity contribution in [3.63, 3.8) is 0 Å². The molecular formula is C26H31FN4O3. The monoisotopic (exact) mass is 466 g/mol. The highest BCUT2D eigenvalue weighted by atomic mass is 19.1. The number of carbonyl (C=O) groups excluding carboxylic acids is 1. The minimum absolute atomic E-state index is 0.00411. The zero-order chi connectivity index (χ0) is 23.9. The van der Waals surface area contributed by atoms with Gasteiger partial charge in [-0.2, -0.15) is 5.10 Å². The number of carbonyl (C=O) groups is 1. The molecule has 1 fully saturated rings. The zero-order valence-corrected chi connectivity index (χ0v) is 19.7. The van der Waals surface area contributed by atoms with E-state index >= 15 is 0 Å². The third-order valence-electron chi connectivity index (χ3n) is 5.78. The van der Waals surface area contributed by atoms with Crippen molar-refractivity contribution in [3.8, 4) is 17.3 Å². The minimum Gasteiger partial charge on any atom is -0.438 e. The zero-order valence-electron chi connectivity index (χ0n) is 19.7. The standard InChI is InChI=1S/C26H31FN4O3/c1-3-24-23(18-30(26(32)28-4-2)17-22-14-9-15-33-22)25(34-21-13-8-10-19(27)16-21)31(29-24)20-11-6-5-7-12-20/h5-8,10-13,16,22H,3-4,9,14-15,17-18H2,1-2H3,(H,28,32)/t22-/m0/s1. The van der Waals surface area contributed by atoms with E-state index < -0.39 is 0 Å². The Morgan fingerprint density at radius 2 is 2.06 bits per heavy atom. The molecule has 4 rings (SSSR count). The van der Waals surface area contributed by atoms with Crippen molar-refractivity contribution in [2.24, 2.45) is 0 Å². The van der Waals surface area contributed by atoms with Crippen LogP contribution in [0.5, 0.6) is 11.6 Å². The van der Waals surface area contributed by atoms with Gasteiger partial charge in [0, 0.05) is 25.8 Å². The largest absolute Gasteiger partial charge is 0.438 e. The van der Waals surface area contributed by atoms with Gasteiger partial charge in [0.2, 0.25) is 5.88 Å². The number of nitrogens with one attached hydrogen (secondary N) is 1. The van der Waals surface area contributed by atoms with Crippen molar-refractivity contribution in [1.29, 1.82) is 0 Å². The van der Waals surface area contributed by atoms with Gasteiger partial charge in [0.1, 0.15) is 11.6 Å². The van der Waals surface area contributed by atoms with Crippen LogP contribution in [-0.2, 0) is 17.7 Å². The molecule has 2 heterocycles. The number of hydrogen-bond donors (Lipinski definition) is 1. The van der Waals surface area contributed by atoms with Crippen LogP contribution in [0.25, 0.3) is 5.69 Å². The van der Waals surface area contributed by atoms with Crippen LogP contribution in [0.15, 0.2) is 54.6 Å². The van der Waals surface area contributed by atoms with Crippen molar-refractivity contribution < 1.29 is 18.7 Å². The number of aryl methyl sites for hydroxylation is 1. The van der Waals surface area contributed by atoms with E-state index in [9.17, 15) is 9.18 Å². The van der Waals surface area contributed by atoms with Crippen LogP contribution in [0.3, 0.4) is 0 Å². The Kier molecular flexibility index (Phi) is 7.80. The maximum atomic E-state index is 13.9. The Morgan fingerprint density at radius 1 is 1.24 bits per heavy atom. The molecule has 0 aliphatic carbocycles. The Labute approximate surface area is 199 Å². The topological polar surface area (TPSA) is 68.6 Å². The molecule has 180 valence electrons. The van der Waals surface area contributed by atoms with Gasteiger partial charge < -0.3 is 19.7 Å². The second kappa shape index (κ2) is 11.2. The first-order valence-corrected chi connectivity index (χ1v) is 11.8. The molecule has 7 nitrogen and oxygen atoms in total. The number of ether oxygens (including phenoxy) is 2. The van der Waals surface area contributed by atoms with E-state index in [0.717, 1.165) is 29.8 Å². The summed E-state index contributed by atoms with van der Waals surface area (Å²) in [4.78, 5) is 14.7. The molecule has 1 atom stereocenters. The third-order valence-corrected chi connectivity index (χ3v) is 5.78. The molecule has 0 spiro atoms. The van der Waals surface area contributed by atoms with Crippen molar-refractivity contribution in [2.75, 3.05) is 19.7 Å². The molecule has 0 saturated carbocycles. The number of benzene rings is 2. The maximum absolute atomic E-state index is 13.9. The Balaban J connectivity index is 1.75. The first kappa shape index (κ1) is 23.8. The predicted octanol–water partition coefficient (Wildman–Crippen LogP) is 5.08. The van der Waals surface area contributed by atoms with Crippen LogP contribution in [-0.4, -0.2) is 46.5 Å². The molecule has 1 aromatic heterocycles. The summed E-state index contributed by atoms with van der Waals surface area (Å²) in [5.74, 6) is 0.447. The summed E-state index contributed by atoms with van der Waals surface area (Å²) in [6.45, 7) is 5.93.